The van der Waals surface area contributed by atoms with E-state index in [4.69, 9.17) is 14.5 Å². The number of benzene rings is 2. The van der Waals surface area contributed by atoms with Crippen LogP contribution in [0.15, 0.2) is 66.7 Å². The van der Waals surface area contributed by atoms with Gasteiger partial charge in [0, 0.05) is 13.6 Å². The summed E-state index contributed by atoms with van der Waals surface area (Å²) >= 11 is 0. The normalized spacial score (nSPS) is 11.0. The van der Waals surface area contributed by atoms with E-state index in [-0.39, 0.29) is 0 Å². The van der Waals surface area contributed by atoms with Gasteiger partial charge in [0.25, 0.3) is 0 Å². The summed E-state index contributed by atoms with van der Waals surface area (Å²) in [5.41, 5.74) is 2.27. The molecule has 3 rings (SSSR count). The summed E-state index contributed by atoms with van der Waals surface area (Å²) in [4.78, 5) is 5.02. The number of pyridine rings is 1. The second-order valence-electron chi connectivity index (χ2n) is 6.82. The van der Waals surface area contributed by atoms with Crippen LogP contribution in [0.5, 0.6) is 11.5 Å². The van der Waals surface area contributed by atoms with E-state index in [0.717, 1.165) is 29.0 Å². The second kappa shape index (κ2) is 9.01. The maximum atomic E-state index is 5.33. The van der Waals surface area contributed by atoms with Crippen LogP contribution in [-0.4, -0.2) is 19.2 Å². The van der Waals surface area contributed by atoms with Crippen LogP contribution in [0.4, 0.5) is 0 Å². The van der Waals surface area contributed by atoms with Crippen LogP contribution in [0.25, 0.3) is 0 Å². The summed E-state index contributed by atoms with van der Waals surface area (Å²) < 4.78 is 10.7. The van der Waals surface area contributed by atoms with Crippen molar-refractivity contribution < 1.29 is 9.47 Å². The van der Waals surface area contributed by atoms with E-state index in [0.29, 0.717) is 5.92 Å². The van der Waals surface area contributed by atoms with Gasteiger partial charge in [-0.05, 0) is 59.3 Å². The van der Waals surface area contributed by atoms with E-state index in [1.165, 1.54) is 10.6 Å². The molecule has 3 nitrogen and oxygen atoms in total. The molecule has 0 saturated carbocycles. The summed E-state index contributed by atoms with van der Waals surface area (Å²) in [7, 11) is 2.64. The maximum Gasteiger partial charge on any atom is 0.118 e. The molecule has 1 heterocycles. The predicted molar refractivity (Wildman–Crippen MR) is 115 cm³/mol. The van der Waals surface area contributed by atoms with Gasteiger partial charge in [0.2, 0.25) is 0 Å². The molecule has 0 saturated heterocycles. The molecule has 2 aromatic carbocycles. The standard InChI is InChI=1S/C23H26NO2P/c1-17(2)16-18-6-5-7-23(24-18)27(21-12-8-19(25-3)9-13-21)22-14-10-20(26-4)11-15-22/h5-15,17H,16H2,1-4H3. The summed E-state index contributed by atoms with van der Waals surface area (Å²) in [5.74, 6) is 2.32. The lowest BCUT2D eigenvalue weighted by Gasteiger charge is -2.20. The molecule has 140 valence electrons. The van der Waals surface area contributed by atoms with Gasteiger partial charge in [0.15, 0.2) is 0 Å². The molecule has 1 aromatic heterocycles. The zero-order chi connectivity index (χ0) is 19.2. The van der Waals surface area contributed by atoms with Crippen molar-refractivity contribution in [2.75, 3.05) is 14.2 Å². The average molecular weight is 379 g/mol. The van der Waals surface area contributed by atoms with Crippen molar-refractivity contribution in [3.05, 3.63) is 72.4 Å². The Kier molecular flexibility index (Phi) is 6.47. The first-order valence-electron chi connectivity index (χ1n) is 9.15. The Morgan fingerprint density at radius 2 is 1.30 bits per heavy atom. The Morgan fingerprint density at radius 1 is 0.778 bits per heavy atom. The summed E-state index contributed by atoms with van der Waals surface area (Å²) in [5, 5.41) is 2.51. The molecule has 0 amide bonds. The van der Waals surface area contributed by atoms with E-state index in [1.807, 2.05) is 24.3 Å². The molecule has 0 radical (unpaired) electrons. The molecule has 0 aliphatic carbocycles. The maximum absolute atomic E-state index is 5.33. The topological polar surface area (TPSA) is 31.4 Å². The van der Waals surface area contributed by atoms with E-state index in [9.17, 15) is 0 Å². The van der Waals surface area contributed by atoms with Gasteiger partial charge >= 0.3 is 0 Å². The highest BCUT2D eigenvalue weighted by Crippen LogP contribution is 2.33. The Hall–Kier alpha value is -2.38. The molecule has 0 aliphatic heterocycles. The highest BCUT2D eigenvalue weighted by atomic mass is 31.1. The van der Waals surface area contributed by atoms with E-state index in [2.05, 4.69) is 56.3 Å². The minimum atomic E-state index is -0.744. The Morgan fingerprint density at radius 3 is 1.74 bits per heavy atom. The van der Waals surface area contributed by atoms with E-state index >= 15 is 0 Å². The van der Waals surface area contributed by atoms with Crippen LogP contribution in [0, 0.1) is 5.92 Å². The Balaban J connectivity index is 2.05. The molecule has 0 atom stereocenters. The van der Waals surface area contributed by atoms with Crippen molar-refractivity contribution in [1.29, 1.82) is 0 Å². The first-order valence-corrected chi connectivity index (χ1v) is 10.5. The van der Waals surface area contributed by atoms with E-state index < -0.39 is 7.92 Å². The van der Waals surface area contributed by atoms with Crippen molar-refractivity contribution in [2.45, 2.75) is 20.3 Å². The largest absolute Gasteiger partial charge is 0.497 e. The molecule has 0 unspecified atom stereocenters. The molecular weight excluding hydrogens is 353 g/mol. The van der Waals surface area contributed by atoms with Crippen LogP contribution >= 0.6 is 7.92 Å². The number of hydrogen-bond donors (Lipinski definition) is 0. The number of rotatable bonds is 7. The van der Waals surface area contributed by atoms with Crippen molar-refractivity contribution >= 4 is 24.0 Å². The zero-order valence-corrected chi connectivity index (χ0v) is 17.2. The minimum absolute atomic E-state index is 0.584. The summed E-state index contributed by atoms with van der Waals surface area (Å²) in [6.07, 6.45) is 0.988. The van der Waals surface area contributed by atoms with Crippen LogP contribution in [-0.2, 0) is 6.42 Å². The lowest BCUT2D eigenvalue weighted by molar-refractivity contribution is 0.415. The molecule has 3 aromatic rings. The SMILES string of the molecule is COc1ccc(P(c2ccc(OC)cc2)c2cccc(CC(C)C)n2)cc1. The fourth-order valence-corrected chi connectivity index (χ4v) is 5.18. The van der Waals surface area contributed by atoms with Crippen molar-refractivity contribution in [2.24, 2.45) is 5.92 Å². The fourth-order valence-electron chi connectivity index (χ4n) is 3.00. The van der Waals surface area contributed by atoms with Gasteiger partial charge in [-0.1, -0.05) is 44.2 Å². The Labute approximate surface area is 163 Å². The third kappa shape index (κ3) is 4.87. The third-order valence-corrected chi connectivity index (χ3v) is 6.64. The smallest absolute Gasteiger partial charge is 0.118 e. The molecule has 0 bridgehead atoms. The first-order chi connectivity index (χ1) is 13.1. The van der Waals surface area contributed by atoms with Crippen molar-refractivity contribution in [3.8, 4) is 11.5 Å². The number of nitrogens with zero attached hydrogens (tertiary/aromatic N) is 1. The number of hydrogen-bond acceptors (Lipinski definition) is 3. The predicted octanol–water partition coefficient (Wildman–Crippen LogP) is 4.06. The monoisotopic (exact) mass is 379 g/mol. The first kappa shape index (κ1) is 19.4. The van der Waals surface area contributed by atoms with Crippen molar-refractivity contribution in [1.82, 2.24) is 4.98 Å². The molecule has 27 heavy (non-hydrogen) atoms. The molecule has 0 N–H and O–H groups in total. The number of methoxy groups -OCH3 is 2. The molecule has 0 fully saturated rings. The second-order valence-corrected chi connectivity index (χ2v) is 8.98. The zero-order valence-electron chi connectivity index (χ0n) is 16.3. The highest BCUT2D eigenvalue weighted by molar-refractivity contribution is 7.79. The van der Waals surface area contributed by atoms with Gasteiger partial charge in [-0.15, -0.1) is 0 Å². The van der Waals surface area contributed by atoms with Crippen LogP contribution in [0.3, 0.4) is 0 Å². The number of ether oxygens (including phenoxy) is 2. The summed E-state index contributed by atoms with van der Waals surface area (Å²) in [6.45, 7) is 4.45. The van der Waals surface area contributed by atoms with Gasteiger partial charge in [0.05, 0.1) is 19.7 Å². The fraction of sp³-hybridized carbons (Fsp3) is 0.261. The van der Waals surface area contributed by atoms with Crippen LogP contribution < -0.4 is 25.5 Å². The van der Waals surface area contributed by atoms with Gasteiger partial charge in [0.1, 0.15) is 11.5 Å². The quantitative estimate of drug-likeness (QED) is 0.580. The minimum Gasteiger partial charge on any atom is -0.497 e. The molecular formula is C23H26NO2P. The van der Waals surface area contributed by atoms with Gasteiger partial charge < -0.3 is 9.47 Å². The lowest BCUT2D eigenvalue weighted by atomic mass is 10.1. The van der Waals surface area contributed by atoms with Gasteiger partial charge in [-0.25, -0.2) is 0 Å². The van der Waals surface area contributed by atoms with Gasteiger partial charge in [-0.2, -0.15) is 0 Å². The third-order valence-electron chi connectivity index (χ3n) is 4.30. The summed E-state index contributed by atoms with van der Waals surface area (Å²) in [6, 6.07) is 23.1. The average Bonchev–Trinajstić information content (AvgIpc) is 2.69. The van der Waals surface area contributed by atoms with Crippen LogP contribution in [0.2, 0.25) is 0 Å². The molecule has 0 aliphatic rings. The van der Waals surface area contributed by atoms with Crippen molar-refractivity contribution in [3.63, 3.8) is 0 Å². The van der Waals surface area contributed by atoms with E-state index in [1.54, 1.807) is 14.2 Å². The van der Waals surface area contributed by atoms with Gasteiger partial charge in [-0.3, -0.25) is 4.98 Å². The number of aromatic nitrogens is 1. The molecule has 0 spiro atoms. The highest BCUT2D eigenvalue weighted by Gasteiger charge is 2.19. The Bertz CT molecular complexity index is 813. The van der Waals surface area contributed by atoms with Crippen LogP contribution in [0.1, 0.15) is 19.5 Å². The molecule has 4 heteroatoms. The lowest BCUT2D eigenvalue weighted by Crippen LogP contribution is -2.23.